The molecule has 1 N–H and O–H groups in total. The Balaban J connectivity index is 1.32. The molecule has 1 atom stereocenters. The lowest BCUT2D eigenvalue weighted by Crippen LogP contribution is -2.33. The molecule has 31 heavy (non-hydrogen) atoms. The first-order valence-electron chi connectivity index (χ1n) is 9.80. The summed E-state index contributed by atoms with van der Waals surface area (Å²) in [7, 11) is 0. The Morgan fingerprint density at radius 2 is 2.03 bits per heavy atom. The molecule has 0 saturated heterocycles. The quantitative estimate of drug-likeness (QED) is 0.658. The minimum atomic E-state index is -0.355. The van der Waals surface area contributed by atoms with Gasteiger partial charge in [0.15, 0.2) is 16.6 Å². The maximum absolute atomic E-state index is 12.8. The Bertz CT molecular complexity index is 1200. The van der Waals surface area contributed by atoms with Crippen LogP contribution in [0.25, 0.3) is 17.3 Å². The van der Waals surface area contributed by atoms with Crippen LogP contribution >= 0.6 is 11.3 Å². The van der Waals surface area contributed by atoms with Crippen molar-refractivity contribution in [3.8, 4) is 22.8 Å². The molecular weight excluding hydrogens is 414 g/mol. The molecule has 0 bridgehead atoms. The first-order valence-corrected chi connectivity index (χ1v) is 10.7. The predicted octanol–water partition coefficient (Wildman–Crippen LogP) is 4.44. The lowest BCUT2D eigenvalue weighted by atomic mass is 9.93. The zero-order chi connectivity index (χ0) is 21.4. The van der Waals surface area contributed by atoms with Crippen molar-refractivity contribution in [3.63, 3.8) is 0 Å². The zero-order valence-corrected chi connectivity index (χ0v) is 17.5. The SMILES string of the molecule is CC(=O)N1C=Cc2ccccc2[C@H]1CC(=O)Nc1nc(-c2ccc3c(c2)OCO3)cs1. The minimum absolute atomic E-state index is 0.108. The predicted molar refractivity (Wildman–Crippen MR) is 118 cm³/mol. The molecule has 156 valence electrons. The number of anilines is 1. The second kappa shape index (κ2) is 7.88. The number of aromatic nitrogens is 1. The smallest absolute Gasteiger partial charge is 0.231 e. The molecule has 5 rings (SSSR count). The monoisotopic (exact) mass is 433 g/mol. The molecular formula is C23H19N3O4S. The lowest BCUT2D eigenvalue weighted by molar-refractivity contribution is -0.129. The van der Waals surface area contributed by atoms with E-state index in [-0.39, 0.29) is 31.1 Å². The molecule has 2 aliphatic heterocycles. The largest absolute Gasteiger partial charge is 0.454 e. The highest BCUT2D eigenvalue weighted by atomic mass is 32.1. The molecule has 0 radical (unpaired) electrons. The second-order valence-corrected chi connectivity index (χ2v) is 8.10. The molecule has 0 aliphatic carbocycles. The summed E-state index contributed by atoms with van der Waals surface area (Å²) in [6.07, 6.45) is 3.77. The number of carbonyl (C=O) groups excluding carboxylic acids is 2. The summed E-state index contributed by atoms with van der Waals surface area (Å²) >= 11 is 1.35. The van der Waals surface area contributed by atoms with Crippen LogP contribution in [0.15, 0.2) is 54.0 Å². The number of thiazole rings is 1. The van der Waals surface area contributed by atoms with E-state index in [1.54, 1.807) is 11.1 Å². The standard InChI is InChI=1S/C23H19N3O4S/c1-14(27)26-9-8-15-4-2-3-5-17(15)19(26)11-22(28)25-23-24-18(12-31-23)16-6-7-20-21(10-16)30-13-29-20/h2-10,12,19H,11,13H2,1H3,(H,24,25,28)/t19-/m1/s1. The number of rotatable bonds is 4. The third-order valence-electron chi connectivity index (χ3n) is 5.27. The van der Waals surface area contributed by atoms with Crippen LogP contribution in [0.5, 0.6) is 11.5 Å². The summed E-state index contributed by atoms with van der Waals surface area (Å²) in [5.74, 6) is 1.09. The molecule has 3 heterocycles. The van der Waals surface area contributed by atoms with Gasteiger partial charge in [-0.2, -0.15) is 0 Å². The third-order valence-corrected chi connectivity index (χ3v) is 6.02. The van der Waals surface area contributed by atoms with E-state index in [2.05, 4.69) is 10.3 Å². The maximum atomic E-state index is 12.8. The summed E-state index contributed by atoms with van der Waals surface area (Å²) in [6, 6.07) is 13.1. The number of benzene rings is 2. The van der Waals surface area contributed by atoms with Crippen molar-refractivity contribution in [1.29, 1.82) is 0 Å². The normalized spacial score (nSPS) is 16.2. The fourth-order valence-corrected chi connectivity index (χ4v) is 4.51. The van der Waals surface area contributed by atoms with E-state index in [0.29, 0.717) is 16.6 Å². The van der Waals surface area contributed by atoms with Crippen molar-refractivity contribution in [2.24, 2.45) is 0 Å². The highest BCUT2D eigenvalue weighted by Gasteiger charge is 2.28. The summed E-state index contributed by atoms with van der Waals surface area (Å²) in [5.41, 5.74) is 3.60. The minimum Gasteiger partial charge on any atom is -0.454 e. The van der Waals surface area contributed by atoms with Crippen molar-refractivity contribution in [2.45, 2.75) is 19.4 Å². The van der Waals surface area contributed by atoms with E-state index < -0.39 is 0 Å². The van der Waals surface area contributed by atoms with Gasteiger partial charge in [-0.3, -0.25) is 9.59 Å². The van der Waals surface area contributed by atoms with E-state index in [9.17, 15) is 9.59 Å². The van der Waals surface area contributed by atoms with Crippen LogP contribution in [0.3, 0.4) is 0 Å². The van der Waals surface area contributed by atoms with Crippen LogP contribution in [-0.4, -0.2) is 28.5 Å². The highest BCUT2D eigenvalue weighted by Crippen LogP contribution is 2.37. The average Bonchev–Trinajstić information content (AvgIpc) is 3.42. The zero-order valence-electron chi connectivity index (χ0n) is 16.7. The lowest BCUT2D eigenvalue weighted by Gasteiger charge is -2.32. The molecule has 2 amide bonds. The molecule has 3 aromatic rings. The number of nitrogens with one attached hydrogen (secondary N) is 1. The highest BCUT2D eigenvalue weighted by molar-refractivity contribution is 7.14. The Kier molecular flexibility index (Phi) is 4.91. The van der Waals surface area contributed by atoms with Gasteiger partial charge in [0.25, 0.3) is 0 Å². The van der Waals surface area contributed by atoms with Gasteiger partial charge in [-0.05, 0) is 35.4 Å². The topological polar surface area (TPSA) is 80.8 Å². The summed E-state index contributed by atoms with van der Waals surface area (Å²) in [4.78, 5) is 31.1. The number of fused-ring (bicyclic) bond motifs is 2. The van der Waals surface area contributed by atoms with Gasteiger partial charge in [0.2, 0.25) is 18.6 Å². The van der Waals surface area contributed by atoms with Gasteiger partial charge in [-0.1, -0.05) is 24.3 Å². The van der Waals surface area contributed by atoms with E-state index in [0.717, 1.165) is 22.4 Å². The number of nitrogens with zero attached hydrogens (tertiary/aromatic N) is 2. The van der Waals surface area contributed by atoms with Crippen LogP contribution < -0.4 is 14.8 Å². The maximum Gasteiger partial charge on any atom is 0.231 e. The van der Waals surface area contributed by atoms with Crippen molar-refractivity contribution in [1.82, 2.24) is 9.88 Å². The van der Waals surface area contributed by atoms with E-state index in [1.165, 1.54) is 18.3 Å². The van der Waals surface area contributed by atoms with Crippen LogP contribution in [0.2, 0.25) is 0 Å². The molecule has 1 aromatic heterocycles. The first-order chi connectivity index (χ1) is 15.1. The molecule has 0 fully saturated rings. The van der Waals surface area contributed by atoms with Crippen LogP contribution in [0.4, 0.5) is 5.13 Å². The number of hydrogen-bond acceptors (Lipinski definition) is 6. The van der Waals surface area contributed by atoms with Crippen molar-refractivity contribution >= 4 is 34.4 Å². The van der Waals surface area contributed by atoms with E-state index in [4.69, 9.17) is 9.47 Å². The van der Waals surface area contributed by atoms with Crippen molar-refractivity contribution < 1.29 is 19.1 Å². The number of hydrogen-bond donors (Lipinski definition) is 1. The average molecular weight is 433 g/mol. The summed E-state index contributed by atoms with van der Waals surface area (Å²) < 4.78 is 10.8. The molecule has 2 aromatic carbocycles. The fraction of sp³-hybridized carbons (Fsp3) is 0.174. The van der Waals surface area contributed by atoms with E-state index >= 15 is 0 Å². The number of carbonyl (C=O) groups is 2. The van der Waals surface area contributed by atoms with Crippen LogP contribution in [0.1, 0.15) is 30.5 Å². The Morgan fingerprint density at radius 1 is 1.19 bits per heavy atom. The van der Waals surface area contributed by atoms with Crippen LogP contribution in [0, 0.1) is 0 Å². The van der Waals surface area contributed by atoms with Gasteiger partial charge in [0.05, 0.1) is 18.2 Å². The Morgan fingerprint density at radius 3 is 2.90 bits per heavy atom. The molecule has 7 nitrogen and oxygen atoms in total. The van der Waals surface area contributed by atoms with Gasteiger partial charge in [0, 0.05) is 24.1 Å². The summed E-state index contributed by atoms with van der Waals surface area (Å²) in [6.45, 7) is 1.72. The first kappa shape index (κ1) is 19.3. The third kappa shape index (κ3) is 3.77. The number of ether oxygens (including phenoxy) is 2. The molecule has 2 aliphatic rings. The summed E-state index contributed by atoms with van der Waals surface area (Å²) in [5, 5.41) is 5.26. The molecule has 0 spiro atoms. The molecule has 0 unspecified atom stereocenters. The van der Waals surface area contributed by atoms with Gasteiger partial charge in [-0.15, -0.1) is 11.3 Å². The van der Waals surface area contributed by atoms with Crippen molar-refractivity contribution in [2.75, 3.05) is 12.1 Å². The van der Waals surface area contributed by atoms with Crippen LogP contribution in [-0.2, 0) is 9.59 Å². The van der Waals surface area contributed by atoms with Gasteiger partial charge < -0.3 is 19.7 Å². The fourth-order valence-electron chi connectivity index (χ4n) is 3.78. The Hall–Kier alpha value is -3.65. The van der Waals surface area contributed by atoms with Gasteiger partial charge >= 0.3 is 0 Å². The van der Waals surface area contributed by atoms with Gasteiger partial charge in [-0.25, -0.2) is 4.98 Å². The van der Waals surface area contributed by atoms with Crippen molar-refractivity contribution in [3.05, 3.63) is 65.2 Å². The second-order valence-electron chi connectivity index (χ2n) is 7.24. The molecule has 0 saturated carbocycles. The Labute approximate surface area is 182 Å². The molecule has 8 heteroatoms. The number of amides is 2. The van der Waals surface area contributed by atoms with E-state index in [1.807, 2.05) is 53.9 Å². The van der Waals surface area contributed by atoms with Gasteiger partial charge in [0.1, 0.15) is 0 Å².